The second-order valence-corrected chi connectivity index (χ2v) is 8.30. The molecule has 1 atom stereocenters. The topological polar surface area (TPSA) is 115 Å². The molecule has 2 N–H and O–H groups in total. The van der Waals surface area contributed by atoms with Crippen LogP contribution in [0.25, 0.3) is 0 Å². The Morgan fingerprint density at radius 3 is 2.42 bits per heavy atom. The molecule has 1 heterocycles. The summed E-state index contributed by atoms with van der Waals surface area (Å²) in [7, 11) is 0. The van der Waals surface area contributed by atoms with Gasteiger partial charge in [0.1, 0.15) is 0 Å². The van der Waals surface area contributed by atoms with Crippen LogP contribution in [0.2, 0.25) is 5.02 Å². The number of aromatic nitrogens is 3. The van der Waals surface area contributed by atoms with E-state index in [9.17, 15) is 14.9 Å². The number of halogens is 1. The third-order valence-electron chi connectivity index (χ3n) is 4.40. The summed E-state index contributed by atoms with van der Waals surface area (Å²) in [6.07, 6.45) is 0. The van der Waals surface area contributed by atoms with Crippen molar-refractivity contribution in [3.05, 3.63) is 69.5 Å². The van der Waals surface area contributed by atoms with Crippen molar-refractivity contribution >= 4 is 46.3 Å². The number of nitrogens with zero attached hydrogens (tertiary/aromatic N) is 4. The summed E-state index contributed by atoms with van der Waals surface area (Å²) in [6, 6.07) is 13.1. The van der Waals surface area contributed by atoms with Crippen molar-refractivity contribution in [2.24, 2.45) is 0 Å². The first-order chi connectivity index (χ1) is 14.9. The molecule has 31 heavy (non-hydrogen) atoms. The van der Waals surface area contributed by atoms with Gasteiger partial charge in [-0.25, -0.2) is 0 Å². The van der Waals surface area contributed by atoms with Crippen molar-refractivity contribution < 1.29 is 9.72 Å². The standard InChI is InChI=1S/C20H21ClN6O3S/c1-3-26-18(12-22-15-6-4-14(21)5-7-15)24-25-20(26)31-13(2)19(28)23-16-8-10-17(11-9-16)27(29)30/h4-11,13,22H,3,12H2,1-2H3,(H,23,28)/t13-/m1/s1. The first-order valence-electron chi connectivity index (χ1n) is 9.51. The molecule has 0 fully saturated rings. The molecule has 0 aliphatic heterocycles. The second kappa shape index (κ2) is 10.3. The Morgan fingerprint density at radius 2 is 1.81 bits per heavy atom. The van der Waals surface area contributed by atoms with Crippen molar-refractivity contribution in [1.82, 2.24) is 14.8 Å². The molecule has 0 saturated carbocycles. The van der Waals surface area contributed by atoms with Crippen LogP contribution in [0.5, 0.6) is 0 Å². The Morgan fingerprint density at radius 1 is 1.16 bits per heavy atom. The van der Waals surface area contributed by atoms with Gasteiger partial charge in [0.05, 0.1) is 16.7 Å². The van der Waals surface area contributed by atoms with E-state index in [1.165, 1.54) is 36.0 Å². The predicted molar refractivity (Wildman–Crippen MR) is 122 cm³/mol. The number of carbonyl (C=O) groups excluding carboxylic acids is 1. The zero-order chi connectivity index (χ0) is 22.4. The lowest BCUT2D eigenvalue weighted by molar-refractivity contribution is -0.384. The molecule has 0 bridgehead atoms. The monoisotopic (exact) mass is 460 g/mol. The van der Waals surface area contributed by atoms with E-state index < -0.39 is 10.2 Å². The number of nitro benzene ring substituents is 1. The summed E-state index contributed by atoms with van der Waals surface area (Å²) in [4.78, 5) is 22.8. The molecular formula is C20H21ClN6O3S. The number of benzene rings is 2. The minimum absolute atomic E-state index is 0.0313. The summed E-state index contributed by atoms with van der Waals surface area (Å²) in [5.74, 6) is 0.522. The van der Waals surface area contributed by atoms with Crippen LogP contribution in [0.1, 0.15) is 19.7 Å². The molecule has 9 nitrogen and oxygen atoms in total. The lowest BCUT2D eigenvalue weighted by Gasteiger charge is -2.13. The molecule has 0 radical (unpaired) electrons. The van der Waals surface area contributed by atoms with Gasteiger partial charge in [0.2, 0.25) is 5.91 Å². The van der Waals surface area contributed by atoms with Gasteiger partial charge in [0.15, 0.2) is 11.0 Å². The van der Waals surface area contributed by atoms with Crippen LogP contribution in [0.15, 0.2) is 53.7 Å². The second-order valence-electron chi connectivity index (χ2n) is 6.56. The van der Waals surface area contributed by atoms with Crippen LogP contribution in [-0.4, -0.2) is 30.8 Å². The summed E-state index contributed by atoms with van der Waals surface area (Å²) < 4.78 is 1.95. The third-order valence-corrected chi connectivity index (χ3v) is 5.73. The quantitative estimate of drug-likeness (QED) is 0.272. The van der Waals surface area contributed by atoms with Gasteiger partial charge >= 0.3 is 0 Å². The van der Waals surface area contributed by atoms with Crippen LogP contribution in [0.4, 0.5) is 17.1 Å². The Hall–Kier alpha value is -3.11. The van der Waals surface area contributed by atoms with E-state index >= 15 is 0 Å². The van der Waals surface area contributed by atoms with Gasteiger partial charge in [-0.3, -0.25) is 14.9 Å². The summed E-state index contributed by atoms with van der Waals surface area (Å²) in [6.45, 7) is 4.89. The number of nitro groups is 1. The van der Waals surface area contributed by atoms with Crippen molar-refractivity contribution in [2.45, 2.75) is 37.3 Å². The van der Waals surface area contributed by atoms with E-state index in [0.717, 1.165) is 11.5 Å². The SMILES string of the molecule is CCn1c(CNc2ccc(Cl)cc2)nnc1S[C@H](C)C(=O)Nc1ccc([N+](=O)[O-])cc1. The van der Waals surface area contributed by atoms with Gasteiger partial charge < -0.3 is 15.2 Å². The highest BCUT2D eigenvalue weighted by molar-refractivity contribution is 8.00. The number of amides is 1. The maximum Gasteiger partial charge on any atom is 0.269 e. The molecule has 0 aliphatic rings. The predicted octanol–water partition coefficient (Wildman–Crippen LogP) is 4.59. The van der Waals surface area contributed by atoms with Gasteiger partial charge in [-0.05, 0) is 50.2 Å². The zero-order valence-corrected chi connectivity index (χ0v) is 18.5. The van der Waals surface area contributed by atoms with Crippen LogP contribution >= 0.6 is 23.4 Å². The first-order valence-corrected chi connectivity index (χ1v) is 10.8. The van der Waals surface area contributed by atoms with E-state index in [1.807, 2.05) is 23.6 Å². The van der Waals surface area contributed by atoms with E-state index in [0.29, 0.717) is 29.0 Å². The van der Waals surface area contributed by atoms with Gasteiger partial charge in [0.25, 0.3) is 5.69 Å². The molecule has 2 aromatic carbocycles. The highest BCUT2D eigenvalue weighted by atomic mass is 35.5. The highest BCUT2D eigenvalue weighted by Crippen LogP contribution is 2.24. The first kappa shape index (κ1) is 22.6. The average Bonchev–Trinajstić information content (AvgIpc) is 3.15. The van der Waals surface area contributed by atoms with E-state index in [4.69, 9.17) is 11.6 Å². The summed E-state index contributed by atoms with van der Waals surface area (Å²) >= 11 is 7.21. The van der Waals surface area contributed by atoms with Gasteiger partial charge in [-0.1, -0.05) is 23.4 Å². The maximum absolute atomic E-state index is 12.5. The lowest BCUT2D eigenvalue weighted by atomic mass is 10.3. The maximum atomic E-state index is 12.5. The molecule has 0 unspecified atom stereocenters. The van der Waals surface area contributed by atoms with Crippen LogP contribution in [0, 0.1) is 10.1 Å². The fourth-order valence-corrected chi connectivity index (χ4v) is 3.78. The number of thioether (sulfide) groups is 1. The number of hydrogen-bond acceptors (Lipinski definition) is 7. The molecule has 11 heteroatoms. The molecular weight excluding hydrogens is 440 g/mol. The van der Waals surface area contributed by atoms with Crippen molar-refractivity contribution in [3.63, 3.8) is 0 Å². The van der Waals surface area contributed by atoms with Gasteiger partial charge in [0, 0.05) is 35.1 Å². The van der Waals surface area contributed by atoms with E-state index in [2.05, 4.69) is 20.8 Å². The Labute approximate surface area is 188 Å². The number of non-ortho nitro benzene ring substituents is 1. The molecule has 1 aromatic heterocycles. The van der Waals surface area contributed by atoms with Crippen molar-refractivity contribution in [2.75, 3.05) is 10.6 Å². The molecule has 0 aliphatic carbocycles. The van der Waals surface area contributed by atoms with Crippen LogP contribution < -0.4 is 10.6 Å². The van der Waals surface area contributed by atoms with Crippen LogP contribution in [-0.2, 0) is 17.9 Å². The molecule has 3 aromatic rings. The lowest BCUT2D eigenvalue weighted by Crippen LogP contribution is -2.23. The smallest absolute Gasteiger partial charge is 0.269 e. The van der Waals surface area contributed by atoms with E-state index in [1.54, 1.807) is 19.1 Å². The average molecular weight is 461 g/mol. The van der Waals surface area contributed by atoms with Gasteiger partial charge in [-0.15, -0.1) is 10.2 Å². The van der Waals surface area contributed by atoms with Crippen molar-refractivity contribution in [1.29, 1.82) is 0 Å². The number of nitrogens with one attached hydrogen (secondary N) is 2. The van der Waals surface area contributed by atoms with E-state index in [-0.39, 0.29) is 11.6 Å². The fraction of sp³-hybridized carbons (Fsp3) is 0.250. The molecule has 162 valence electrons. The number of anilines is 2. The Kier molecular flexibility index (Phi) is 7.48. The summed E-state index contributed by atoms with van der Waals surface area (Å²) in [5, 5.41) is 26.1. The molecule has 3 rings (SSSR count). The largest absolute Gasteiger partial charge is 0.378 e. The summed E-state index contributed by atoms with van der Waals surface area (Å²) in [5.41, 5.74) is 1.38. The normalized spacial score (nSPS) is 11.7. The molecule has 1 amide bonds. The number of carbonyl (C=O) groups is 1. The molecule has 0 spiro atoms. The number of hydrogen-bond donors (Lipinski definition) is 2. The third kappa shape index (κ3) is 5.96. The Balaban J connectivity index is 1.61. The van der Waals surface area contributed by atoms with Crippen molar-refractivity contribution in [3.8, 4) is 0 Å². The highest BCUT2D eigenvalue weighted by Gasteiger charge is 2.20. The molecule has 0 saturated heterocycles. The van der Waals surface area contributed by atoms with Gasteiger partial charge in [-0.2, -0.15) is 0 Å². The van der Waals surface area contributed by atoms with Crippen LogP contribution in [0.3, 0.4) is 0 Å². The fourth-order valence-electron chi connectivity index (χ4n) is 2.73. The minimum Gasteiger partial charge on any atom is -0.378 e. The zero-order valence-electron chi connectivity index (χ0n) is 16.9. The Bertz CT molecular complexity index is 1060. The number of rotatable bonds is 9. The minimum atomic E-state index is -0.485.